The van der Waals surface area contributed by atoms with Crippen molar-refractivity contribution in [3.63, 3.8) is 0 Å². The minimum Gasteiger partial charge on any atom is -0.369 e. The van der Waals surface area contributed by atoms with Gasteiger partial charge in [0.15, 0.2) is 0 Å². The van der Waals surface area contributed by atoms with E-state index < -0.39 is 0 Å². The molecule has 0 aliphatic heterocycles. The average molecular weight is 182 g/mol. The Morgan fingerprint density at radius 1 is 1.15 bits per heavy atom. The Morgan fingerprint density at radius 2 is 1.85 bits per heavy atom. The lowest BCUT2D eigenvalue weighted by atomic mass is 9.93. The van der Waals surface area contributed by atoms with Crippen molar-refractivity contribution in [1.29, 1.82) is 0 Å². The van der Waals surface area contributed by atoms with E-state index in [-0.39, 0.29) is 0 Å². The maximum atomic E-state index is 5.32. The fourth-order valence-electron chi connectivity index (χ4n) is 0.748. The number of rotatable bonds is 4. The van der Waals surface area contributed by atoms with Crippen molar-refractivity contribution in [1.82, 2.24) is 0 Å². The number of ether oxygens (including phenoxy) is 1. The molecular formula is C12H22O. The number of hydrogen-bond acceptors (Lipinski definition) is 1. The summed E-state index contributed by atoms with van der Waals surface area (Å²) in [6.45, 7) is 10.2. The highest BCUT2D eigenvalue weighted by molar-refractivity contribution is 5.01. The fraction of sp³-hybridized carbons (Fsp3) is 0.833. The van der Waals surface area contributed by atoms with E-state index >= 15 is 0 Å². The molecule has 0 aromatic rings. The summed E-state index contributed by atoms with van der Waals surface area (Å²) in [5.74, 6) is 6.16. The zero-order valence-corrected chi connectivity index (χ0v) is 9.44. The lowest BCUT2D eigenvalue weighted by Gasteiger charge is -2.12. The van der Waals surface area contributed by atoms with Crippen molar-refractivity contribution in [3.05, 3.63) is 0 Å². The molecule has 0 aromatic carbocycles. The van der Waals surface area contributed by atoms with E-state index in [1.165, 1.54) is 6.42 Å². The highest BCUT2D eigenvalue weighted by Gasteiger charge is 2.06. The Hall–Kier alpha value is -0.480. The standard InChI is InChI=1S/C12H22O/c1-5-6-10-13-11-8-7-9-12(2,3)4/h5-6,9-11H2,1-4H3. The monoisotopic (exact) mass is 182 g/mol. The van der Waals surface area contributed by atoms with Crippen molar-refractivity contribution in [2.45, 2.75) is 47.0 Å². The first-order valence-corrected chi connectivity index (χ1v) is 5.10. The topological polar surface area (TPSA) is 9.23 Å². The van der Waals surface area contributed by atoms with Crippen LogP contribution in [0.4, 0.5) is 0 Å². The molecule has 0 fully saturated rings. The SMILES string of the molecule is CCCCOCC#CCC(C)(C)C. The van der Waals surface area contributed by atoms with Crippen LogP contribution < -0.4 is 0 Å². The van der Waals surface area contributed by atoms with Gasteiger partial charge in [0, 0.05) is 13.0 Å². The second kappa shape index (κ2) is 6.97. The van der Waals surface area contributed by atoms with Gasteiger partial charge in [-0.3, -0.25) is 0 Å². The molecule has 0 radical (unpaired) electrons. The molecule has 0 unspecified atom stereocenters. The van der Waals surface area contributed by atoms with Crippen LogP contribution in [-0.2, 0) is 4.74 Å². The van der Waals surface area contributed by atoms with Gasteiger partial charge in [-0.25, -0.2) is 0 Å². The molecule has 1 heteroatoms. The van der Waals surface area contributed by atoms with Crippen molar-refractivity contribution >= 4 is 0 Å². The lowest BCUT2D eigenvalue weighted by Crippen LogP contribution is -2.02. The van der Waals surface area contributed by atoms with Crippen LogP contribution >= 0.6 is 0 Å². The zero-order chi connectivity index (χ0) is 10.2. The first-order chi connectivity index (χ1) is 6.06. The molecule has 0 heterocycles. The van der Waals surface area contributed by atoms with Crippen LogP contribution in [0.3, 0.4) is 0 Å². The summed E-state index contributed by atoms with van der Waals surface area (Å²) in [5.41, 5.74) is 0.316. The van der Waals surface area contributed by atoms with Crippen molar-refractivity contribution in [3.8, 4) is 11.8 Å². The summed E-state index contributed by atoms with van der Waals surface area (Å²) in [5, 5.41) is 0. The molecule has 0 atom stereocenters. The normalized spacial score (nSPS) is 10.8. The minimum absolute atomic E-state index is 0.316. The van der Waals surface area contributed by atoms with Crippen molar-refractivity contribution in [2.24, 2.45) is 5.41 Å². The van der Waals surface area contributed by atoms with Gasteiger partial charge in [-0.1, -0.05) is 40.0 Å². The molecule has 0 amide bonds. The van der Waals surface area contributed by atoms with Crippen LogP contribution in [0.5, 0.6) is 0 Å². The molecule has 76 valence electrons. The minimum atomic E-state index is 0.316. The van der Waals surface area contributed by atoms with E-state index in [4.69, 9.17) is 4.74 Å². The van der Waals surface area contributed by atoms with Gasteiger partial charge in [-0.15, -0.1) is 5.92 Å². The fourth-order valence-corrected chi connectivity index (χ4v) is 0.748. The summed E-state index contributed by atoms with van der Waals surface area (Å²) < 4.78 is 5.32. The van der Waals surface area contributed by atoms with Crippen molar-refractivity contribution in [2.75, 3.05) is 13.2 Å². The van der Waals surface area contributed by atoms with Gasteiger partial charge in [0.05, 0.1) is 0 Å². The second-order valence-electron chi connectivity index (χ2n) is 4.50. The van der Waals surface area contributed by atoms with E-state index in [9.17, 15) is 0 Å². The second-order valence-corrected chi connectivity index (χ2v) is 4.50. The molecule has 0 spiro atoms. The third-order valence-electron chi connectivity index (χ3n) is 1.56. The zero-order valence-electron chi connectivity index (χ0n) is 9.44. The van der Waals surface area contributed by atoms with Gasteiger partial charge in [0.25, 0.3) is 0 Å². The van der Waals surface area contributed by atoms with Crippen molar-refractivity contribution < 1.29 is 4.74 Å². The predicted octanol–water partition coefficient (Wildman–Crippen LogP) is 3.24. The van der Waals surface area contributed by atoms with Gasteiger partial charge in [0.2, 0.25) is 0 Å². The molecule has 0 saturated heterocycles. The Labute approximate surface area is 82.9 Å². The summed E-state index contributed by atoms with van der Waals surface area (Å²) >= 11 is 0. The smallest absolute Gasteiger partial charge is 0.107 e. The van der Waals surface area contributed by atoms with E-state index in [1.54, 1.807) is 0 Å². The molecule has 0 aromatic heterocycles. The van der Waals surface area contributed by atoms with E-state index in [0.29, 0.717) is 12.0 Å². The van der Waals surface area contributed by atoms with Crippen LogP contribution in [0.1, 0.15) is 47.0 Å². The van der Waals surface area contributed by atoms with Gasteiger partial charge in [-0.2, -0.15) is 0 Å². The van der Waals surface area contributed by atoms with Crippen LogP contribution in [0.15, 0.2) is 0 Å². The van der Waals surface area contributed by atoms with Crippen LogP contribution in [0, 0.1) is 17.3 Å². The van der Waals surface area contributed by atoms with E-state index in [2.05, 4.69) is 39.5 Å². The van der Waals surface area contributed by atoms with Crippen LogP contribution in [-0.4, -0.2) is 13.2 Å². The van der Waals surface area contributed by atoms with Crippen LogP contribution in [0.25, 0.3) is 0 Å². The Bertz CT molecular complexity index is 166. The number of unbranched alkanes of at least 4 members (excludes halogenated alkanes) is 1. The quantitative estimate of drug-likeness (QED) is 0.479. The van der Waals surface area contributed by atoms with Gasteiger partial charge < -0.3 is 4.74 Å². The molecule has 0 bridgehead atoms. The Kier molecular flexibility index (Phi) is 6.72. The maximum Gasteiger partial charge on any atom is 0.107 e. The molecule has 13 heavy (non-hydrogen) atoms. The largest absolute Gasteiger partial charge is 0.369 e. The summed E-state index contributed by atoms with van der Waals surface area (Å²) in [4.78, 5) is 0. The van der Waals surface area contributed by atoms with Gasteiger partial charge >= 0.3 is 0 Å². The van der Waals surface area contributed by atoms with E-state index in [1.807, 2.05) is 0 Å². The molecule has 1 nitrogen and oxygen atoms in total. The molecule has 0 aliphatic carbocycles. The third-order valence-corrected chi connectivity index (χ3v) is 1.56. The first-order valence-electron chi connectivity index (χ1n) is 5.10. The van der Waals surface area contributed by atoms with Gasteiger partial charge in [0.1, 0.15) is 6.61 Å². The highest BCUT2D eigenvalue weighted by atomic mass is 16.5. The molecule has 0 rings (SSSR count). The summed E-state index contributed by atoms with van der Waals surface area (Å²) in [7, 11) is 0. The summed E-state index contributed by atoms with van der Waals surface area (Å²) in [6, 6.07) is 0. The average Bonchev–Trinajstić information content (AvgIpc) is 2.01. The lowest BCUT2D eigenvalue weighted by molar-refractivity contribution is 0.163. The highest BCUT2D eigenvalue weighted by Crippen LogP contribution is 2.16. The first kappa shape index (κ1) is 12.5. The molecular weight excluding hydrogens is 160 g/mol. The molecule has 0 saturated carbocycles. The number of hydrogen-bond donors (Lipinski definition) is 0. The molecule has 0 aliphatic rings. The Balaban J connectivity index is 3.31. The third kappa shape index (κ3) is 11.5. The predicted molar refractivity (Wildman–Crippen MR) is 57.6 cm³/mol. The van der Waals surface area contributed by atoms with Crippen LogP contribution in [0.2, 0.25) is 0 Å². The maximum absolute atomic E-state index is 5.32. The Morgan fingerprint density at radius 3 is 2.38 bits per heavy atom. The molecule has 0 N–H and O–H groups in total. The van der Waals surface area contributed by atoms with Gasteiger partial charge in [-0.05, 0) is 11.8 Å². The summed E-state index contributed by atoms with van der Waals surface area (Å²) in [6.07, 6.45) is 3.28. The van der Waals surface area contributed by atoms with E-state index in [0.717, 1.165) is 19.4 Å².